The van der Waals surface area contributed by atoms with Gasteiger partial charge < -0.3 is 15.4 Å². The molecule has 1 heterocycles. The highest BCUT2D eigenvalue weighted by molar-refractivity contribution is 5.88. The average molecular weight is 246 g/mol. The number of fused-ring (bicyclic) bond motifs is 1. The van der Waals surface area contributed by atoms with Gasteiger partial charge in [0.05, 0.1) is 12.0 Å². The van der Waals surface area contributed by atoms with Gasteiger partial charge in [-0.3, -0.25) is 4.79 Å². The summed E-state index contributed by atoms with van der Waals surface area (Å²) >= 11 is 0. The first-order valence-electron chi connectivity index (χ1n) is 6.44. The summed E-state index contributed by atoms with van der Waals surface area (Å²) in [7, 11) is 1.72. The first kappa shape index (κ1) is 11.5. The van der Waals surface area contributed by atoms with Gasteiger partial charge >= 0.3 is 0 Å². The summed E-state index contributed by atoms with van der Waals surface area (Å²) in [5.74, 6) is 0.0785. The molecule has 1 aliphatic carbocycles. The number of nitrogens with one attached hydrogen (secondary N) is 2. The van der Waals surface area contributed by atoms with E-state index in [1.807, 2.05) is 24.3 Å². The smallest absolute Gasteiger partial charge is 0.229 e. The van der Waals surface area contributed by atoms with E-state index in [1.165, 1.54) is 0 Å². The van der Waals surface area contributed by atoms with Crippen LogP contribution in [-0.4, -0.2) is 31.7 Å². The number of para-hydroxylation sites is 1. The zero-order chi connectivity index (χ0) is 12.5. The molecule has 0 bridgehead atoms. The molecule has 1 saturated carbocycles. The van der Waals surface area contributed by atoms with E-state index in [0.717, 1.165) is 24.1 Å². The SMILES string of the molecule is COC1CC(NC(=O)C2CNc3ccccc32)C1. The number of rotatable bonds is 3. The quantitative estimate of drug-likeness (QED) is 0.849. The predicted octanol–water partition coefficient (Wildman–Crippen LogP) is 1.49. The van der Waals surface area contributed by atoms with Gasteiger partial charge in [0, 0.05) is 25.4 Å². The zero-order valence-corrected chi connectivity index (χ0v) is 10.5. The highest BCUT2D eigenvalue weighted by Gasteiger charge is 2.34. The van der Waals surface area contributed by atoms with Crippen LogP contribution in [-0.2, 0) is 9.53 Å². The van der Waals surface area contributed by atoms with Gasteiger partial charge in [-0.25, -0.2) is 0 Å². The van der Waals surface area contributed by atoms with E-state index in [4.69, 9.17) is 4.74 Å². The minimum atomic E-state index is -0.0530. The molecule has 1 aromatic carbocycles. The van der Waals surface area contributed by atoms with Crippen molar-refractivity contribution in [2.75, 3.05) is 19.0 Å². The molecule has 0 radical (unpaired) electrons. The molecule has 2 aliphatic rings. The third-order valence-electron chi connectivity index (χ3n) is 3.92. The molecule has 3 rings (SSSR count). The maximum absolute atomic E-state index is 12.2. The van der Waals surface area contributed by atoms with Gasteiger partial charge in [-0.15, -0.1) is 0 Å². The maximum atomic E-state index is 12.2. The molecule has 1 unspecified atom stereocenters. The van der Waals surface area contributed by atoms with E-state index in [2.05, 4.69) is 10.6 Å². The Labute approximate surface area is 107 Å². The number of methoxy groups -OCH3 is 1. The van der Waals surface area contributed by atoms with Crippen molar-refractivity contribution < 1.29 is 9.53 Å². The molecule has 1 atom stereocenters. The minimum Gasteiger partial charge on any atom is -0.384 e. The highest BCUT2D eigenvalue weighted by Crippen LogP contribution is 2.32. The second-order valence-electron chi connectivity index (χ2n) is 5.06. The van der Waals surface area contributed by atoms with Crippen molar-refractivity contribution in [2.45, 2.75) is 30.9 Å². The van der Waals surface area contributed by atoms with E-state index in [9.17, 15) is 4.79 Å². The van der Waals surface area contributed by atoms with Crippen molar-refractivity contribution >= 4 is 11.6 Å². The fourth-order valence-electron chi connectivity index (χ4n) is 2.70. The number of benzene rings is 1. The number of hydrogen-bond donors (Lipinski definition) is 2. The maximum Gasteiger partial charge on any atom is 0.229 e. The fraction of sp³-hybridized carbons (Fsp3) is 0.500. The van der Waals surface area contributed by atoms with E-state index in [-0.39, 0.29) is 17.9 Å². The number of carbonyl (C=O) groups is 1. The van der Waals surface area contributed by atoms with Crippen LogP contribution in [0.3, 0.4) is 0 Å². The van der Waals surface area contributed by atoms with Crippen molar-refractivity contribution in [3.63, 3.8) is 0 Å². The lowest BCUT2D eigenvalue weighted by atomic mass is 9.88. The standard InChI is InChI=1S/C14H18N2O2/c1-18-10-6-9(7-10)16-14(17)12-8-15-13-5-3-2-4-11(12)13/h2-5,9-10,12,15H,6-8H2,1H3,(H,16,17). The molecule has 18 heavy (non-hydrogen) atoms. The number of ether oxygens (including phenoxy) is 1. The molecular formula is C14H18N2O2. The second kappa shape index (κ2) is 4.61. The Morgan fingerprint density at radius 3 is 2.94 bits per heavy atom. The van der Waals surface area contributed by atoms with Crippen LogP contribution in [0, 0.1) is 0 Å². The molecule has 4 nitrogen and oxygen atoms in total. The topological polar surface area (TPSA) is 50.4 Å². The lowest BCUT2D eigenvalue weighted by Crippen LogP contribution is -2.49. The lowest BCUT2D eigenvalue weighted by molar-refractivity contribution is -0.124. The second-order valence-corrected chi connectivity index (χ2v) is 5.06. The first-order chi connectivity index (χ1) is 8.78. The van der Waals surface area contributed by atoms with Crippen LogP contribution in [0.15, 0.2) is 24.3 Å². The summed E-state index contributed by atoms with van der Waals surface area (Å²) < 4.78 is 5.22. The van der Waals surface area contributed by atoms with Crippen molar-refractivity contribution in [3.8, 4) is 0 Å². The first-order valence-corrected chi connectivity index (χ1v) is 6.44. The van der Waals surface area contributed by atoms with Gasteiger partial charge in [0.25, 0.3) is 0 Å². The Hall–Kier alpha value is -1.55. The van der Waals surface area contributed by atoms with Gasteiger partial charge in [-0.05, 0) is 24.5 Å². The van der Waals surface area contributed by atoms with Gasteiger partial charge in [0.1, 0.15) is 0 Å². The van der Waals surface area contributed by atoms with Crippen LogP contribution >= 0.6 is 0 Å². The van der Waals surface area contributed by atoms with E-state index >= 15 is 0 Å². The third kappa shape index (κ3) is 1.97. The van der Waals surface area contributed by atoms with Gasteiger partial charge in [-0.1, -0.05) is 18.2 Å². The Bertz CT molecular complexity index is 455. The average Bonchev–Trinajstić information content (AvgIpc) is 2.76. The van der Waals surface area contributed by atoms with Crippen molar-refractivity contribution in [1.82, 2.24) is 5.32 Å². The van der Waals surface area contributed by atoms with E-state index in [0.29, 0.717) is 12.6 Å². The summed E-state index contributed by atoms with van der Waals surface area (Å²) in [5.41, 5.74) is 2.19. The zero-order valence-electron chi connectivity index (χ0n) is 10.5. The molecule has 1 aliphatic heterocycles. The summed E-state index contributed by atoms with van der Waals surface area (Å²) in [6.45, 7) is 0.700. The van der Waals surface area contributed by atoms with Crippen LogP contribution in [0.4, 0.5) is 5.69 Å². The van der Waals surface area contributed by atoms with Crippen LogP contribution in [0.1, 0.15) is 24.3 Å². The normalized spacial score (nSPS) is 29.1. The molecule has 1 amide bonds. The number of carbonyl (C=O) groups excluding carboxylic acids is 1. The molecule has 1 fully saturated rings. The molecule has 0 aromatic heterocycles. The van der Waals surface area contributed by atoms with Crippen LogP contribution in [0.2, 0.25) is 0 Å². The predicted molar refractivity (Wildman–Crippen MR) is 69.6 cm³/mol. The fourth-order valence-corrected chi connectivity index (χ4v) is 2.70. The molecule has 4 heteroatoms. The molecular weight excluding hydrogens is 228 g/mol. The Balaban J connectivity index is 1.61. The third-order valence-corrected chi connectivity index (χ3v) is 3.92. The van der Waals surface area contributed by atoms with Crippen molar-refractivity contribution in [1.29, 1.82) is 0 Å². The largest absolute Gasteiger partial charge is 0.384 e. The Morgan fingerprint density at radius 1 is 1.39 bits per heavy atom. The summed E-state index contributed by atoms with van der Waals surface area (Å²) in [5, 5.41) is 6.38. The lowest BCUT2D eigenvalue weighted by Gasteiger charge is -2.35. The molecule has 0 spiro atoms. The molecule has 96 valence electrons. The number of anilines is 1. The van der Waals surface area contributed by atoms with Crippen LogP contribution in [0.25, 0.3) is 0 Å². The number of hydrogen-bond acceptors (Lipinski definition) is 3. The van der Waals surface area contributed by atoms with Crippen molar-refractivity contribution in [3.05, 3.63) is 29.8 Å². The molecule has 2 N–H and O–H groups in total. The van der Waals surface area contributed by atoms with Crippen LogP contribution < -0.4 is 10.6 Å². The van der Waals surface area contributed by atoms with Gasteiger partial charge in [0.2, 0.25) is 5.91 Å². The van der Waals surface area contributed by atoms with E-state index in [1.54, 1.807) is 7.11 Å². The Kier molecular flexibility index (Phi) is 2.96. The minimum absolute atomic E-state index is 0.0530. The summed E-state index contributed by atoms with van der Waals surface area (Å²) in [6.07, 6.45) is 2.19. The van der Waals surface area contributed by atoms with Gasteiger partial charge in [-0.2, -0.15) is 0 Å². The highest BCUT2D eigenvalue weighted by atomic mass is 16.5. The summed E-state index contributed by atoms with van der Waals surface area (Å²) in [6, 6.07) is 8.30. The Morgan fingerprint density at radius 2 is 2.17 bits per heavy atom. The number of amides is 1. The monoisotopic (exact) mass is 246 g/mol. The molecule has 0 saturated heterocycles. The van der Waals surface area contributed by atoms with Crippen molar-refractivity contribution in [2.24, 2.45) is 0 Å². The van der Waals surface area contributed by atoms with Gasteiger partial charge in [0.15, 0.2) is 0 Å². The van der Waals surface area contributed by atoms with E-state index < -0.39 is 0 Å². The van der Waals surface area contributed by atoms with Crippen LogP contribution in [0.5, 0.6) is 0 Å². The molecule has 1 aromatic rings. The summed E-state index contributed by atoms with van der Waals surface area (Å²) in [4.78, 5) is 12.2.